The molecule has 3 rings (SSSR count). The summed E-state index contributed by atoms with van der Waals surface area (Å²) in [5.74, 6) is -0.277. The summed E-state index contributed by atoms with van der Waals surface area (Å²) < 4.78 is 38.2. The fraction of sp³-hybridized carbons (Fsp3) is 0.111. The third-order valence-corrected chi connectivity index (χ3v) is 4.77. The van der Waals surface area contributed by atoms with Crippen LogP contribution in [0, 0.1) is 12.7 Å². The molecule has 0 fully saturated rings. The number of benzene rings is 2. The van der Waals surface area contributed by atoms with Crippen LogP contribution in [0.1, 0.15) is 5.56 Å². The molecule has 0 radical (unpaired) electrons. The number of rotatable bonds is 3. The van der Waals surface area contributed by atoms with E-state index in [2.05, 4.69) is 0 Å². The highest BCUT2D eigenvalue weighted by atomic mass is 32.2. The molecule has 0 spiro atoms. The molecule has 2 aromatic carbocycles. The van der Waals surface area contributed by atoms with Gasteiger partial charge in [0.05, 0.1) is 10.6 Å². The second kappa shape index (κ2) is 5.66. The second-order valence-corrected chi connectivity index (χ2v) is 7.56. The van der Waals surface area contributed by atoms with E-state index in [0.717, 1.165) is 22.5 Å². The van der Waals surface area contributed by atoms with Gasteiger partial charge in [0, 0.05) is 18.1 Å². The second-order valence-electron chi connectivity index (χ2n) is 5.55. The van der Waals surface area contributed by atoms with Crippen molar-refractivity contribution in [3.63, 3.8) is 0 Å². The minimum atomic E-state index is -3.21. The molecule has 0 amide bonds. The van der Waals surface area contributed by atoms with Crippen LogP contribution in [0.15, 0.2) is 65.7 Å². The fourth-order valence-corrected chi connectivity index (χ4v) is 3.14. The largest absolute Gasteiger partial charge is 0.316 e. The van der Waals surface area contributed by atoms with Crippen LogP contribution in [-0.4, -0.2) is 19.2 Å². The Morgan fingerprint density at radius 3 is 2.13 bits per heavy atom. The summed E-state index contributed by atoms with van der Waals surface area (Å²) in [5, 5.41) is 0. The van der Waals surface area contributed by atoms with Gasteiger partial charge >= 0.3 is 0 Å². The van der Waals surface area contributed by atoms with E-state index in [4.69, 9.17) is 0 Å². The average Bonchev–Trinajstić information content (AvgIpc) is 2.89. The highest BCUT2D eigenvalue weighted by molar-refractivity contribution is 7.90. The Morgan fingerprint density at radius 1 is 0.957 bits per heavy atom. The van der Waals surface area contributed by atoms with Gasteiger partial charge in [-0.3, -0.25) is 0 Å². The normalized spacial score (nSPS) is 11.6. The van der Waals surface area contributed by atoms with Crippen LogP contribution in [0.3, 0.4) is 0 Å². The third-order valence-electron chi connectivity index (χ3n) is 3.64. The minimum absolute atomic E-state index is 0.277. The third kappa shape index (κ3) is 3.19. The van der Waals surface area contributed by atoms with Crippen LogP contribution >= 0.6 is 0 Å². The Kier molecular flexibility index (Phi) is 3.82. The van der Waals surface area contributed by atoms with Gasteiger partial charge in [-0.15, -0.1) is 0 Å². The number of sulfone groups is 1. The lowest BCUT2D eigenvalue weighted by Gasteiger charge is -2.10. The predicted molar refractivity (Wildman–Crippen MR) is 89.0 cm³/mol. The van der Waals surface area contributed by atoms with Gasteiger partial charge in [-0.05, 0) is 72.6 Å². The number of hydrogen-bond donors (Lipinski definition) is 0. The quantitative estimate of drug-likeness (QED) is 0.729. The van der Waals surface area contributed by atoms with Crippen molar-refractivity contribution < 1.29 is 12.8 Å². The molecule has 118 valence electrons. The Balaban J connectivity index is 2.09. The molecule has 5 heteroatoms. The molecular formula is C18H16FNO2S. The first-order valence-corrected chi connectivity index (χ1v) is 8.99. The zero-order valence-electron chi connectivity index (χ0n) is 12.8. The molecular weight excluding hydrogens is 313 g/mol. The first-order valence-electron chi connectivity index (χ1n) is 7.10. The summed E-state index contributed by atoms with van der Waals surface area (Å²) in [6, 6.07) is 15.0. The SMILES string of the molecule is Cc1cc(-c2ccc(F)cc2)n(-c2ccc(S(C)(=O)=O)cc2)c1. The monoisotopic (exact) mass is 329 g/mol. The van der Waals surface area contributed by atoms with E-state index in [-0.39, 0.29) is 10.7 Å². The van der Waals surface area contributed by atoms with Crippen molar-refractivity contribution in [2.45, 2.75) is 11.8 Å². The van der Waals surface area contributed by atoms with Crippen molar-refractivity contribution in [2.75, 3.05) is 6.26 Å². The molecule has 0 N–H and O–H groups in total. The van der Waals surface area contributed by atoms with Crippen molar-refractivity contribution in [2.24, 2.45) is 0 Å². The summed E-state index contributed by atoms with van der Waals surface area (Å²) in [6.45, 7) is 1.98. The predicted octanol–water partition coefficient (Wildman–Crippen LogP) is 4.00. The van der Waals surface area contributed by atoms with Gasteiger partial charge in [-0.1, -0.05) is 0 Å². The number of nitrogens with zero attached hydrogens (tertiary/aromatic N) is 1. The lowest BCUT2D eigenvalue weighted by atomic mass is 10.1. The Hall–Kier alpha value is -2.40. The lowest BCUT2D eigenvalue weighted by Crippen LogP contribution is -1.99. The van der Waals surface area contributed by atoms with Crippen LogP contribution in [-0.2, 0) is 9.84 Å². The van der Waals surface area contributed by atoms with Gasteiger partial charge in [-0.2, -0.15) is 0 Å². The Morgan fingerprint density at radius 2 is 1.57 bits per heavy atom. The Labute approximate surface area is 134 Å². The van der Waals surface area contributed by atoms with Gasteiger partial charge in [0.15, 0.2) is 9.84 Å². The summed E-state index contributed by atoms with van der Waals surface area (Å²) in [4.78, 5) is 0.286. The standard InChI is InChI=1S/C18H16FNO2S/c1-13-11-18(14-3-5-15(19)6-4-14)20(12-13)16-7-9-17(10-8-16)23(2,21)22/h3-12H,1-2H3. The first kappa shape index (κ1) is 15.5. The van der Waals surface area contributed by atoms with Crippen LogP contribution in [0.4, 0.5) is 4.39 Å². The molecule has 0 aliphatic heterocycles. The average molecular weight is 329 g/mol. The van der Waals surface area contributed by atoms with E-state index in [9.17, 15) is 12.8 Å². The van der Waals surface area contributed by atoms with Crippen molar-refractivity contribution >= 4 is 9.84 Å². The molecule has 3 nitrogen and oxygen atoms in total. The molecule has 0 aliphatic rings. The molecule has 3 aromatic rings. The zero-order chi connectivity index (χ0) is 16.6. The lowest BCUT2D eigenvalue weighted by molar-refractivity contribution is 0.602. The topological polar surface area (TPSA) is 39.1 Å². The maximum atomic E-state index is 13.1. The number of aryl methyl sites for hydroxylation is 1. The Bertz CT molecular complexity index is 940. The molecule has 23 heavy (non-hydrogen) atoms. The summed E-state index contributed by atoms with van der Waals surface area (Å²) in [7, 11) is -3.21. The van der Waals surface area contributed by atoms with E-state index in [1.54, 1.807) is 36.4 Å². The van der Waals surface area contributed by atoms with Gasteiger partial charge in [0.25, 0.3) is 0 Å². The smallest absolute Gasteiger partial charge is 0.175 e. The summed E-state index contributed by atoms with van der Waals surface area (Å²) in [5.41, 5.74) is 3.74. The summed E-state index contributed by atoms with van der Waals surface area (Å²) >= 11 is 0. The maximum absolute atomic E-state index is 13.1. The van der Waals surface area contributed by atoms with Crippen molar-refractivity contribution in [1.82, 2.24) is 4.57 Å². The van der Waals surface area contributed by atoms with E-state index in [1.807, 2.05) is 23.8 Å². The van der Waals surface area contributed by atoms with E-state index >= 15 is 0 Å². The highest BCUT2D eigenvalue weighted by Crippen LogP contribution is 2.26. The number of aromatic nitrogens is 1. The maximum Gasteiger partial charge on any atom is 0.175 e. The van der Waals surface area contributed by atoms with Crippen molar-refractivity contribution in [3.8, 4) is 16.9 Å². The molecule has 1 heterocycles. The van der Waals surface area contributed by atoms with Gasteiger partial charge in [0.2, 0.25) is 0 Å². The molecule has 0 saturated carbocycles. The van der Waals surface area contributed by atoms with Crippen LogP contribution in [0.2, 0.25) is 0 Å². The van der Waals surface area contributed by atoms with Crippen molar-refractivity contribution in [1.29, 1.82) is 0 Å². The molecule has 0 saturated heterocycles. The van der Waals surface area contributed by atoms with Gasteiger partial charge < -0.3 is 4.57 Å². The van der Waals surface area contributed by atoms with Crippen LogP contribution in [0.25, 0.3) is 16.9 Å². The zero-order valence-corrected chi connectivity index (χ0v) is 13.6. The molecule has 0 atom stereocenters. The first-order chi connectivity index (χ1) is 10.8. The number of hydrogen-bond acceptors (Lipinski definition) is 2. The van der Waals surface area contributed by atoms with E-state index < -0.39 is 9.84 Å². The molecule has 0 aliphatic carbocycles. The van der Waals surface area contributed by atoms with Crippen LogP contribution in [0.5, 0.6) is 0 Å². The molecule has 0 bridgehead atoms. The fourth-order valence-electron chi connectivity index (χ4n) is 2.51. The molecule has 0 unspecified atom stereocenters. The number of halogens is 1. The highest BCUT2D eigenvalue weighted by Gasteiger charge is 2.10. The van der Waals surface area contributed by atoms with E-state index in [0.29, 0.717) is 0 Å². The van der Waals surface area contributed by atoms with Crippen LogP contribution < -0.4 is 0 Å². The molecule has 1 aromatic heterocycles. The minimum Gasteiger partial charge on any atom is -0.316 e. The van der Waals surface area contributed by atoms with Gasteiger partial charge in [-0.25, -0.2) is 12.8 Å². The van der Waals surface area contributed by atoms with Gasteiger partial charge in [0.1, 0.15) is 5.82 Å². The van der Waals surface area contributed by atoms with Crippen molar-refractivity contribution in [3.05, 3.63) is 72.2 Å². The summed E-state index contributed by atoms with van der Waals surface area (Å²) in [6.07, 6.45) is 3.15. The van der Waals surface area contributed by atoms with E-state index in [1.165, 1.54) is 18.4 Å².